The van der Waals surface area contributed by atoms with E-state index in [1.165, 1.54) is 7.11 Å². The van der Waals surface area contributed by atoms with Gasteiger partial charge in [0, 0.05) is 20.0 Å². The lowest BCUT2D eigenvalue weighted by Crippen LogP contribution is -2.07. The zero-order valence-corrected chi connectivity index (χ0v) is 4.79. The number of nitrogens with zero attached hydrogens (tertiary/aromatic N) is 1. The minimum absolute atomic E-state index is 0.342. The molecule has 0 bridgehead atoms. The molecule has 46 valence electrons. The van der Waals surface area contributed by atoms with Crippen molar-refractivity contribution in [3.8, 4) is 6.07 Å². The minimum Gasteiger partial charge on any atom is -0.368 e. The molecule has 1 N–H and O–H groups in total. The molecular formula is C5H9NO2. The first-order chi connectivity index (χ1) is 3.81. The zero-order valence-electron chi connectivity index (χ0n) is 4.79. The number of methoxy groups -OCH3 is 1. The second kappa shape index (κ2) is 4.57. The summed E-state index contributed by atoms with van der Waals surface area (Å²) in [5.41, 5.74) is 0. The highest BCUT2D eigenvalue weighted by atomic mass is 16.6. The minimum atomic E-state index is -0.769. The van der Waals surface area contributed by atoms with Crippen LogP contribution in [-0.2, 0) is 4.74 Å². The van der Waals surface area contributed by atoms with Crippen molar-refractivity contribution in [2.24, 2.45) is 0 Å². The highest BCUT2D eigenvalue weighted by Gasteiger charge is 1.97. The van der Waals surface area contributed by atoms with Crippen LogP contribution in [0.4, 0.5) is 0 Å². The maximum atomic E-state index is 8.62. The van der Waals surface area contributed by atoms with Crippen molar-refractivity contribution in [2.75, 3.05) is 7.11 Å². The largest absolute Gasteiger partial charge is 0.368 e. The number of nitriles is 1. The first kappa shape index (κ1) is 7.41. The van der Waals surface area contributed by atoms with Gasteiger partial charge in [-0.1, -0.05) is 0 Å². The van der Waals surface area contributed by atoms with Crippen LogP contribution in [0.5, 0.6) is 0 Å². The van der Waals surface area contributed by atoms with Crippen LogP contribution in [-0.4, -0.2) is 18.5 Å². The van der Waals surface area contributed by atoms with Crippen molar-refractivity contribution in [1.82, 2.24) is 0 Å². The summed E-state index contributed by atoms with van der Waals surface area (Å²) in [6, 6.07) is 1.89. The third-order valence-corrected chi connectivity index (χ3v) is 0.775. The molecule has 8 heavy (non-hydrogen) atoms. The van der Waals surface area contributed by atoms with Crippen molar-refractivity contribution >= 4 is 0 Å². The molecule has 0 aliphatic rings. The lowest BCUT2D eigenvalue weighted by atomic mass is 10.3. The highest BCUT2D eigenvalue weighted by Crippen LogP contribution is 1.94. The number of aliphatic hydroxyl groups is 1. The van der Waals surface area contributed by atoms with Gasteiger partial charge < -0.3 is 9.84 Å². The number of rotatable bonds is 3. The molecule has 0 saturated carbocycles. The maximum Gasteiger partial charge on any atom is 0.155 e. The van der Waals surface area contributed by atoms with E-state index in [1.54, 1.807) is 0 Å². The van der Waals surface area contributed by atoms with E-state index < -0.39 is 6.29 Å². The normalized spacial score (nSPS) is 12.6. The van der Waals surface area contributed by atoms with Crippen molar-refractivity contribution in [2.45, 2.75) is 19.1 Å². The van der Waals surface area contributed by atoms with Gasteiger partial charge in [-0.2, -0.15) is 5.26 Å². The van der Waals surface area contributed by atoms with E-state index in [2.05, 4.69) is 4.74 Å². The molecular weight excluding hydrogens is 106 g/mol. The van der Waals surface area contributed by atoms with Crippen LogP contribution in [0.25, 0.3) is 0 Å². The molecule has 0 fully saturated rings. The third kappa shape index (κ3) is 3.59. The van der Waals surface area contributed by atoms with Gasteiger partial charge in [-0.25, -0.2) is 0 Å². The SMILES string of the molecule is COC(O)CCC#N. The number of hydrogen-bond donors (Lipinski definition) is 1. The van der Waals surface area contributed by atoms with Crippen molar-refractivity contribution in [3.63, 3.8) is 0 Å². The molecule has 0 saturated heterocycles. The van der Waals surface area contributed by atoms with Crippen molar-refractivity contribution < 1.29 is 9.84 Å². The van der Waals surface area contributed by atoms with E-state index in [0.29, 0.717) is 12.8 Å². The molecule has 1 unspecified atom stereocenters. The van der Waals surface area contributed by atoms with Gasteiger partial charge in [0.25, 0.3) is 0 Å². The Balaban J connectivity index is 3.01. The van der Waals surface area contributed by atoms with E-state index in [1.807, 2.05) is 6.07 Å². The van der Waals surface area contributed by atoms with E-state index in [4.69, 9.17) is 10.4 Å². The summed E-state index contributed by atoms with van der Waals surface area (Å²) >= 11 is 0. The van der Waals surface area contributed by atoms with E-state index in [9.17, 15) is 0 Å². The first-order valence-electron chi connectivity index (χ1n) is 2.39. The molecule has 0 heterocycles. The van der Waals surface area contributed by atoms with E-state index in [0.717, 1.165) is 0 Å². The summed E-state index contributed by atoms with van der Waals surface area (Å²) < 4.78 is 4.46. The monoisotopic (exact) mass is 115 g/mol. The van der Waals surface area contributed by atoms with Gasteiger partial charge in [-0.15, -0.1) is 0 Å². The fourth-order valence-electron chi connectivity index (χ4n) is 0.306. The summed E-state index contributed by atoms with van der Waals surface area (Å²) in [6.07, 6.45) is -0.0307. The van der Waals surface area contributed by atoms with Crippen molar-refractivity contribution in [1.29, 1.82) is 5.26 Å². The molecule has 0 aliphatic heterocycles. The van der Waals surface area contributed by atoms with Gasteiger partial charge in [0.15, 0.2) is 6.29 Å². The zero-order chi connectivity index (χ0) is 6.41. The highest BCUT2D eigenvalue weighted by molar-refractivity contribution is 4.68. The molecule has 3 nitrogen and oxygen atoms in total. The molecule has 1 atom stereocenters. The van der Waals surface area contributed by atoms with Gasteiger partial charge in [0.2, 0.25) is 0 Å². The molecule has 0 aromatic rings. The average molecular weight is 115 g/mol. The summed E-state index contributed by atoms with van der Waals surface area (Å²) in [7, 11) is 1.40. The summed E-state index contributed by atoms with van der Waals surface area (Å²) in [6.45, 7) is 0. The van der Waals surface area contributed by atoms with Crippen LogP contribution in [0.15, 0.2) is 0 Å². The number of ether oxygens (including phenoxy) is 1. The van der Waals surface area contributed by atoms with Gasteiger partial charge >= 0.3 is 0 Å². The summed E-state index contributed by atoms with van der Waals surface area (Å²) in [5.74, 6) is 0. The van der Waals surface area contributed by atoms with E-state index >= 15 is 0 Å². The second-order valence-corrected chi connectivity index (χ2v) is 1.39. The van der Waals surface area contributed by atoms with Crippen LogP contribution in [0, 0.1) is 11.3 Å². The average Bonchev–Trinajstić information content (AvgIpc) is 1.83. The fourth-order valence-corrected chi connectivity index (χ4v) is 0.306. The Kier molecular flexibility index (Phi) is 4.23. The Hall–Kier alpha value is -0.590. The second-order valence-electron chi connectivity index (χ2n) is 1.39. The van der Waals surface area contributed by atoms with Crippen LogP contribution in [0.3, 0.4) is 0 Å². The molecule has 3 heteroatoms. The molecule has 0 rings (SSSR count). The lowest BCUT2D eigenvalue weighted by Gasteiger charge is -2.02. The Morgan fingerprint density at radius 2 is 2.50 bits per heavy atom. The Bertz CT molecular complexity index is 86.9. The topological polar surface area (TPSA) is 53.2 Å². The number of hydrogen-bond acceptors (Lipinski definition) is 3. The van der Waals surface area contributed by atoms with Gasteiger partial charge in [0.1, 0.15) is 0 Å². The maximum absolute atomic E-state index is 8.62. The first-order valence-corrected chi connectivity index (χ1v) is 2.39. The third-order valence-electron chi connectivity index (χ3n) is 0.775. The Morgan fingerprint density at radius 3 is 2.88 bits per heavy atom. The smallest absolute Gasteiger partial charge is 0.155 e. The molecule has 0 radical (unpaired) electrons. The lowest BCUT2D eigenvalue weighted by molar-refractivity contribution is -0.0770. The van der Waals surface area contributed by atoms with Crippen LogP contribution in [0.1, 0.15) is 12.8 Å². The molecule has 0 spiro atoms. The standard InChI is InChI=1S/C5H9NO2/c1-8-5(7)3-2-4-6/h5,7H,2-3H2,1H3. The van der Waals surface area contributed by atoms with Crippen LogP contribution in [0.2, 0.25) is 0 Å². The predicted molar refractivity (Wildman–Crippen MR) is 27.9 cm³/mol. The summed E-state index contributed by atoms with van der Waals surface area (Å²) in [5, 5.41) is 16.6. The van der Waals surface area contributed by atoms with Gasteiger partial charge in [-0.05, 0) is 0 Å². The molecule has 0 aliphatic carbocycles. The molecule has 0 aromatic heterocycles. The molecule has 0 amide bonds. The fraction of sp³-hybridized carbons (Fsp3) is 0.800. The van der Waals surface area contributed by atoms with Gasteiger partial charge in [-0.3, -0.25) is 0 Å². The van der Waals surface area contributed by atoms with Crippen LogP contribution >= 0.6 is 0 Å². The predicted octanol–water partition coefficient (Wildman–Crippen LogP) is 0.255. The Labute approximate surface area is 48.5 Å². The molecule has 0 aromatic carbocycles. The summed E-state index contributed by atoms with van der Waals surface area (Å²) in [4.78, 5) is 0. The van der Waals surface area contributed by atoms with Crippen LogP contribution < -0.4 is 0 Å². The quantitative estimate of drug-likeness (QED) is 0.536. The number of aliphatic hydroxyl groups excluding tert-OH is 1. The Morgan fingerprint density at radius 1 is 1.88 bits per heavy atom. The van der Waals surface area contributed by atoms with Crippen molar-refractivity contribution in [3.05, 3.63) is 0 Å². The van der Waals surface area contributed by atoms with Gasteiger partial charge in [0.05, 0.1) is 6.07 Å². The van der Waals surface area contributed by atoms with E-state index in [-0.39, 0.29) is 0 Å².